The van der Waals surface area contributed by atoms with Crippen molar-refractivity contribution in [1.82, 2.24) is 14.8 Å². The van der Waals surface area contributed by atoms with Gasteiger partial charge in [0.15, 0.2) is 0 Å². The van der Waals surface area contributed by atoms with Gasteiger partial charge in [-0.3, -0.25) is 9.59 Å². The Hall–Kier alpha value is -2.23. The number of alkyl halides is 3. The molecule has 1 fully saturated rings. The summed E-state index contributed by atoms with van der Waals surface area (Å²) >= 11 is 0. The monoisotopic (exact) mass is 377 g/mol. The predicted octanol–water partition coefficient (Wildman–Crippen LogP) is 1.45. The number of hydrogen-bond acceptors (Lipinski definition) is 4. The minimum absolute atomic E-state index is 0.0184. The van der Waals surface area contributed by atoms with E-state index >= 15 is 0 Å². The zero-order valence-corrected chi connectivity index (χ0v) is 14.2. The SMILES string of the molecule is CC1CN(C(=O)[C@@H](O)C(F)(F)F)CCC1N(C)C(=O)c1ccc(F)cn1. The van der Waals surface area contributed by atoms with Gasteiger partial charge in [0.2, 0.25) is 6.10 Å². The fourth-order valence-corrected chi connectivity index (χ4v) is 3.06. The number of aliphatic hydroxyl groups is 1. The molecule has 2 heterocycles. The molecule has 1 aliphatic rings. The molecule has 1 aromatic heterocycles. The highest BCUT2D eigenvalue weighted by Gasteiger charge is 2.46. The summed E-state index contributed by atoms with van der Waals surface area (Å²) in [7, 11) is 1.52. The Morgan fingerprint density at radius 1 is 1.38 bits per heavy atom. The number of aromatic nitrogens is 1. The van der Waals surface area contributed by atoms with Gasteiger partial charge in [-0.15, -0.1) is 0 Å². The van der Waals surface area contributed by atoms with Crippen molar-refractivity contribution in [3.8, 4) is 0 Å². The number of halogens is 4. The van der Waals surface area contributed by atoms with E-state index in [9.17, 15) is 27.2 Å². The highest BCUT2D eigenvalue weighted by Crippen LogP contribution is 2.26. The number of likely N-dealkylation sites (tertiary alicyclic amines) is 1. The lowest BCUT2D eigenvalue weighted by Crippen LogP contribution is -2.55. The van der Waals surface area contributed by atoms with Crippen molar-refractivity contribution in [2.24, 2.45) is 5.92 Å². The summed E-state index contributed by atoms with van der Waals surface area (Å²) in [5.74, 6) is -2.73. The number of carbonyl (C=O) groups excluding carboxylic acids is 2. The van der Waals surface area contributed by atoms with Crippen LogP contribution in [0.15, 0.2) is 18.3 Å². The summed E-state index contributed by atoms with van der Waals surface area (Å²) in [6, 6.07) is 2.02. The van der Waals surface area contributed by atoms with Gasteiger partial charge in [-0.05, 0) is 24.5 Å². The van der Waals surface area contributed by atoms with Crippen molar-refractivity contribution in [3.05, 3.63) is 29.8 Å². The number of nitrogens with zero attached hydrogens (tertiary/aromatic N) is 3. The molecule has 6 nitrogen and oxygen atoms in total. The first-order valence-electron chi connectivity index (χ1n) is 7.94. The van der Waals surface area contributed by atoms with Crippen LogP contribution in [0.2, 0.25) is 0 Å². The molecule has 2 unspecified atom stereocenters. The minimum Gasteiger partial charge on any atom is -0.376 e. The maximum Gasteiger partial charge on any atom is 0.423 e. The van der Waals surface area contributed by atoms with Crippen LogP contribution < -0.4 is 0 Å². The number of rotatable bonds is 3. The standard InChI is InChI=1S/C16H19F4N3O3/c1-9-8-23(15(26)13(24)16(18,19)20)6-5-12(9)22(2)14(25)11-4-3-10(17)7-21-11/h3-4,7,9,12-13,24H,5-6,8H2,1-2H3/t9?,12?,13-/m1/s1. The van der Waals surface area contributed by atoms with Crippen LogP contribution in [0.5, 0.6) is 0 Å². The second kappa shape index (κ2) is 7.56. The number of pyridine rings is 1. The summed E-state index contributed by atoms with van der Waals surface area (Å²) in [6.07, 6.45) is -6.89. The van der Waals surface area contributed by atoms with E-state index in [2.05, 4.69) is 4.98 Å². The van der Waals surface area contributed by atoms with Crippen LogP contribution in [0.1, 0.15) is 23.8 Å². The highest BCUT2D eigenvalue weighted by molar-refractivity contribution is 5.92. The van der Waals surface area contributed by atoms with Gasteiger partial charge in [0.05, 0.1) is 6.20 Å². The van der Waals surface area contributed by atoms with E-state index in [1.165, 1.54) is 18.0 Å². The zero-order valence-electron chi connectivity index (χ0n) is 14.2. The van der Waals surface area contributed by atoms with E-state index in [0.29, 0.717) is 0 Å². The molecule has 0 bridgehead atoms. The van der Waals surface area contributed by atoms with Crippen LogP contribution >= 0.6 is 0 Å². The van der Waals surface area contributed by atoms with Crippen LogP contribution in [-0.4, -0.2) is 70.2 Å². The summed E-state index contributed by atoms with van der Waals surface area (Å²) in [5.41, 5.74) is 0.0482. The first-order valence-corrected chi connectivity index (χ1v) is 7.94. The molecule has 0 spiro atoms. The molecule has 144 valence electrons. The predicted molar refractivity (Wildman–Crippen MR) is 82.5 cm³/mol. The van der Waals surface area contributed by atoms with Gasteiger partial charge in [-0.25, -0.2) is 9.37 Å². The summed E-state index contributed by atoms with van der Waals surface area (Å²) < 4.78 is 50.4. The van der Waals surface area contributed by atoms with Crippen molar-refractivity contribution < 1.29 is 32.3 Å². The summed E-state index contributed by atoms with van der Waals surface area (Å²) in [6.45, 7) is 1.66. The van der Waals surface area contributed by atoms with Gasteiger partial charge in [0, 0.05) is 26.2 Å². The average Bonchev–Trinajstić information content (AvgIpc) is 2.59. The van der Waals surface area contributed by atoms with E-state index in [4.69, 9.17) is 5.11 Å². The van der Waals surface area contributed by atoms with Gasteiger partial charge in [0.25, 0.3) is 11.8 Å². The van der Waals surface area contributed by atoms with Crippen LogP contribution in [0.3, 0.4) is 0 Å². The van der Waals surface area contributed by atoms with Crippen LogP contribution in [-0.2, 0) is 4.79 Å². The molecule has 0 saturated carbocycles. The van der Waals surface area contributed by atoms with E-state index in [-0.39, 0.29) is 37.2 Å². The molecular formula is C16H19F4N3O3. The zero-order chi connectivity index (χ0) is 19.6. The number of carbonyl (C=O) groups is 2. The van der Waals surface area contributed by atoms with Crippen molar-refractivity contribution >= 4 is 11.8 Å². The largest absolute Gasteiger partial charge is 0.423 e. The maximum atomic E-state index is 12.9. The molecule has 3 atom stereocenters. The van der Waals surface area contributed by atoms with Crippen LogP contribution in [0.25, 0.3) is 0 Å². The quantitative estimate of drug-likeness (QED) is 0.810. The number of hydrogen-bond donors (Lipinski definition) is 1. The Bertz CT molecular complexity index is 666. The molecule has 2 rings (SSSR count). The van der Waals surface area contributed by atoms with Gasteiger partial charge < -0.3 is 14.9 Å². The molecular weight excluding hydrogens is 358 g/mol. The van der Waals surface area contributed by atoms with Crippen LogP contribution in [0.4, 0.5) is 17.6 Å². The van der Waals surface area contributed by atoms with Crippen molar-refractivity contribution in [2.45, 2.75) is 31.7 Å². The molecule has 0 radical (unpaired) electrons. The summed E-state index contributed by atoms with van der Waals surface area (Å²) in [5, 5.41) is 9.11. The Balaban J connectivity index is 2.03. The van der Waals surface area contributed by atoms with E-state index in [1.54, 1.807) is 6.92 Å². The first-order chi connectivity index (χ1) is 12.0. The molecule has 1 saturated heterocycles. The van der Waals surface area contributed by atoms with Crippen molar-refractivity contribution in [2.75, 3.05) is 20.1 Å². The molecule has 1 aliphatic heterocycles. The topological polar surface area (TPSA) is 73.7 Å². The lowest BCUT2D eigenvalue weighted by molar-refractivity contribution is -0.211. The van der Waals surface area contributed by atoms with Gasteiger partial charge in [-0.1, -0.05) is 6.92 Å². The fraction of sp³-hybridized carbons (Fsp3) is 0.562. The molecule has 26 heavy (non-hydrogen) atoms. The highest BCUT2D eigenvalue weighted by atomic mass is 19.4. The maximum absolute atomic E-state index is 12.9. The third kappa shape index (κ3) is 4.29. The Kier molecular flexibility index (Phi) is 5.84. The Morgan fingerprint density at radius 2 is 2.04 bits per heavy atom. The van der Waals surface area contributed by atoms with E-state index in [0.717, 1.165) is 17.2 Å². The average molecular weight is 377 g/mol. The van der Waals surface area contributed by atoms with Crippen LogP contribution in [0, 0.1) is 11.7 Å². The third-order valence-electron chi connectivity index (χ3n) is 4.48. The second-order valence-corrected chi connectivity index (χ2v) is 6.34. The minimum atomic E-state index is -5.02. The van der Waals surface area contributed by atoms with Gasteiger partial charge >= 0.3 is 6.18 Å². The molecule has 1 aromatic rings. The first kappa shape index (κ1) is 20.1. The lowest BCUT2D eigenvalue weighted by Gasteiger charge is -2.41. The number of aliphatic hydroxyl groups excluding tert-OH is 1. The molecule has 1 N–H and O–H groups in total. The smallest absolute Gasteiger partial charge is 0.376 e. The van der Waals surface area contributed by atoms with Gasteiger partial charge in [-0.2, -0.15) is 13.2 Å². The van der Waals surface area contributed by atoms with Crippen molar-refractivity contribution in [1.29, 1.82) is 0 Å². The Labute approximate surface area is 147 Å². The fourth-order valence-electron chi connectivity index (χ4n) is 3.06. The Morgan fingerprint density at radius 3 is 2.54 bits per heavy atom. The number of piperidine rings is 1. The molecule has 10 heteroatoms. The molecule has 2 amide bonds. The normalized spacial score (nSPS) is 22.0. The number of amides is 2. The van der Waals surface area contributed by atoms with Gasteiger partial charge in [0.1, 0.15) is 11.5 Å². The van der Waals surface area contributed by atoms with E-state index in [1.807, 2.05) is 0 Å². The van der Waals surface area contributed by atoms with E-state index < -0.39 is 29.9 Å². The third-order valence-corrected chi connectivity index (χ3v) is 4.48. The lowest BCUT2D eigenvalue weighted by atomic mass is 9.92. The van der Waals surface area contributed by atoms with Crippen molar-refractivity contribution in [3.63, 3.8) is 0 Å². The molecule has 0 aliphatic carbocycles. The second-order valence-electron chi connectivity index (χ2n) is 6.34. The molecule has 0 aromatic carbocycles. The summed E-state index contributed by atoms with van der Waals surface area (Å²) in [4.78, 5) is 30.3.